The van der Waals surface area contributed by atoms with Gasteiger partial charge in [0.15, 0.2) is 0 Å². The van der Waals surface area contributed by atoms with Gasteiger partial charge >= 0.3 is 40.2 Å². The Balaban J connectivity index is 2.75. The Bertz CT molecular complexity index is 470. The van der Waals surface area contributed by atoms with Crippen LogP contribution in [0.3, 0.4) is 0 Å². The second kappa shape index (κ2) is 7.66. The lowest BCUT2D eigenvalue weighted by atomic mass is 10.4. The van der Waals surface area contributed by atoms with Crippen LogP contribution in [0, 0.1) is 0 Å². The van der Waals surface area contributed by atoms with E-state index in [4.69, 9.17) is 21.2 Å². The van der Waals surface area contributed by atoms with E-state index in [0.29, 0.717) is 18.6 Å². The van der Waals surface area contributed by atoms with Gasteiger partial charge in [-0.05, 0) is 65.2 Å². The highest BCUT2D eigenvalue weighted by molar-refractivity contribution is 6.93. The maximum absolute atomic E-state index is 11.5. The molecule has 1 saturated heterocycles. The zero-order chi connectivity index (χ0) is 18.8. The van der Waals surface area contributed by atoms with Gasteiger partial charge in [-0.15, -0.1) is 0 Å². The molecule has 0 atom stereocenters. The molecule has 10 heteroatoms. The highest BCUT2D eigenvalue weighted by atomic mass is 28.5. The van der Waals surface area contributed by atoms with Crippen molar-refractivity contribution < 1.29 is 26.0 Å². The number of carbonyl (C=O) groups excluding carboxylic acids is 1. The van der Waals surface area contributed by atoms with Gasteiger partial charge < -0.3 is 21.2 Å². The highest BCUT2D eigenvalue weighted by Gasteiger charge is 2.52. The molecule has 0 N–H and O–H groups in total. The Hall–Kier alpha value is -0.0825. The summed E-state index contributed by atoms with van der Waals surface area (Å²) in [5, 5.41) is 0. The summed E-state index contributed by atoms with van der Waals surface area (Å²) in [6.07, 6.45) is 0.692. The number of hydrogen-bond donors (Lipinski definition) is 0. The number of ether oxygens (including phenoxy) is 1. The van der Waals surface area contributed by atoms with Crippen molar-refractivity contribution in [1.82, 2.24) is 0 Å². The highest BCUT2D eigenvalue weighted by Crippen LogP contribution is 2.32. The smallest absolute Gasteiger partial charge is 0.333 e. The Morgan fingerprint density at radius 1 is 0.875 bits per heavy atom. The van der Waals surface area contributed by atoms with Gasteiger partial charge in [0.1, 0.15) is 0 Å². The van der Waals surface area contributed by atoms with E-state index in [2.05, 4.69) is 13.1 Å². The molecule has 1 heterocycles. The number of rotatable bonds is 5. The van der Waals surface area contributed by atoms with E-state index in [0.717, 1.165) is 6.04 Å². The Labute approximate surface area is 150 Å². The second-order valence-electron chi connectivity index (χ2n) is 7.76. The minimum atomic E-state index is -2.47. The van der Waals surface area contributed by atoms with Crippen LogP contribution in [0.15, 0.2) is 12.2 Å². The first-order valence-corrected chi connectivity index (χ1v) is 19.3. The zero-order valence-electron chi connectivity index (χ0n) is 16.3. The van der Waals surface area contributed by atoms with E-state index in [1.54, 1.807) is 6.92 Å². The average Bonchev–Trinajstić information content (AvgIpc) is 2.27. The number of esters is 1. The minimum absolute atomic E-state index is 0.340. The van der Waals surface area contributed by atoms with Gasteiger partial charge in [0.05, 0.1) is 6.61 Å². The predicted octanol–water partition coefficient (Wildman–Crippen LogP) is 3.75. The molecule has 0 spiro atoms. The van der Waals surface area contributed by atoms with Crippen molar-refractivity contribution in [1.29, 1.82) is 0 Å². The Morgan fingerprint density at radius 2 is 1.29 bits per heavy atom. The molecule has 0 saturated carbocycles. The van der Waals surface area contributed by atoms with Crippen LogP contribution in [0.2, 0.25) is 51.9 Å². The molecule has 0 bridgehead atoms. The van der Waals surface area contributed by atoms with Crippen LogP contribution in [0.5, 0.6) is 0 Å². The summed E-state index contributed by atoms with van der Waals surface area (Å²) in [4.78, 5) is 11.5. The lowest BCUT2D eigenvalue weighted by molar-refractivity contribution is -0.138. The van der Waals surface area contributed by atoms with Crippen LogP contribution in [0.1, 0.15) is 13.3 Å². The first kappa shape index (κ1) is 22.0. The molecule has 0 aromatic heterocycles. The molecule has 140 valence electrons. The van der Waals surface area contributed by atoms with Gasteiger partial charge in [0, 0.05) is 5.57 Å². The fourth-order valence-corrected chi connectivity index (χ4v) is 24.6. The Morgan fingerprint density at radius 3 is 1.71 bits per heavy atom. The van der Waals surface area contributed by atoms with Gasteiger partial charge in [-0.25, -0.2) is 4.79 Å². The number of hydrogen-bond acceptors (Lipinski definition) is 6. The van der Waals surface area contributed by atoms with E-state index < -0.39 is 34.2 Å². The quantitative estimate of drug-likeness (QED) is 0.299. The summed E-state index contributed by atoms with van der Waals surface area (Å²) < 4.78 is 30.7. The largest absolute Gasteiger partial charge is 0.462 e. The van der Waals surface area contributed by atoms with Crippen LogP contribution in [0.25, 0.3) is 0 Å². The fraction of sp³-hybridized carbons (Fsp3) is 0.786. The summed E-state index contributed by atoms with van der Waals surface area (Å²) in [6.45, 7) is 19.9. The molecule has 0 amide bonds. The molecule has 6 nitrogen and oxygen atoms in total. The first-order valence-electron chi connectivity index (χ1n) is 8.29. The van der Waals surface area contributed by atoms with Crippen molar-refractivity contribution in [3.63, 3.8) is 0 Å². The van der Waals surface area contributed by atoms with Gasteiger partial charge in [0.2, 0.25) is 0 Å². The summed E-state index contributed by atoms with van der Waals surface area (Å²) >= 11 is 0. The monoisotopic (exact) mass is 408 g/mol. The topological polar surface area (TPSA) is 63.2 Å². The molecule has 24 heavy (non-hydrogen) atoms. The molecule has 1 aliphatic rings. The third-order valence-electron chi connectivity index (χ3n) is 3.26. The molecule has 0 aromatic rings. The van der Waals surface area contributed by atoms with Crippen LogP contribution in [-0.4, -0.2) is 46.8 Å². The molecule has 1 aliphatic heterocycles. The minimum Gasteiger partial charge on any atom is -0.462 e. The van der Waals surface area contributed by atoms with Crippen LogP contribution in [-0.2, 0) is 26.0 Å². The second-order valence-corrected chi connectivity index (χ2v) is 22.2. The molecule has 1 fully saturated rings. The molecular weight excluding hydrogens is 376 g/mol. The zero-order valence-corrected chi connectivity index (χ0v) is 20.3. The van der Waals surface area contributed by atoms with Crippen molar-refractivity contribution >= 4 is 40.2 Å². The van der Waals surface area contributed by atoms with Crippen molar-refractivity contribution in [2.24, 2.45) is 0 Å². The lowest BCUT2D eigenvalue weighted by Gasteiger charge is -2.47. The summed E-state index contributed by atoms with van der Waals surface area (Å²) in [7, 11) is -9.39. The maximum Gasteiger partial charge on any atom is 0.333 e. The van der Waals surface area contributed by atoms with E-state index in [9.17, 15) is 4.79 Å². The molecule has 0 aliphatic carbocycles. The molecular formula is C14H32O6Si4. The van der Waals surface area contributed by atoms with Crippen molar-refractivity contribution in [3.05, 3.63) is 12.2 Å². The average molecular weight is 409 g/mol. The third-order valence-corrected chi connectivity index (χ3v) is 19.8. The van der Waals surface area contributed by atoms with Crippen molar-refractivity contribution in [3.8, 4) is 0 Å². The third kappa shape index (κ3) is 7.43. The molecule has 0 aromatic carbocycles. The molecule has 0 unspecified atom stereocenters. The maximum atomic E-state index is 11.5. The van der Waals surface area contributed by atoms with Gasteiger partial charge in [-0.1, -0.05) is 6.58 Å². The standard InChI is InChI=1S/C14H32O6Si4/c1-13(2)14(15)16-11-10-12-24(9)19-22(5,6)17-21(3,4)18-23(7,8)20-24/h1,10-12H2,2-9H3. The van der Waals surface area contributed by atoms with Gasteiger partial charge in [0.25, 0.3) is 0 Å². The Kier molecular flexibility index (Phi) is 7.01. The normalized spacial score (nSPS) is 24.5. The van der Waals surface area contributed by atoms with E-state index in [1.807, 2.05) is 39.3 Å². The fourth-order valence-electron chi connectivity index (χ4n) is 3.09. The van der Waals surface area contributed by atoms with E-state index >= 15 is 0 Å². The predicted molar refractivity (Wildman–Crippen MR) is 104 cm³/mol. The first-order chi connectivity index (χ1) is 10.7. The summed E-state index contributed by atoms with van der Waals surface area (Å²) in [5.41, 5.74) is 0.410. The number of carbonyl (C=O) groups is 1. The molecule has 1 rings (SSSR count). The molecule has 0 radical (unpaired) electrons. The van der Waals surface area contributed by atoms with Gasteiger partial charge in [-0.2, -0.15) is 0 Å². The summed E-state index contributed by atoms with van der Waals surface area (Å²) in [6, 6.07) is 0.734. The SMILES string of the molecule is C=C(C)C(=O)OCCC[Si]1(C)O[Si](C)(C)O[Si](C)(C)O[Si](C)(C)O1. The van der Waals surface area contributed by atoms with Crippen molar-refractivity contribution in [2.75, 3.05) is 6.61 Å². The lowest BCUT2D eigenvalue weighted by Crippen LogP contribution is -2.65. The van der Waals surface area contributed by atoms with Crippen molar-refractivity contribution in [2.45, 2.75) is 65.2 Å². The van der Waals surface area contributed by atoms with Crippen LogP contribution in [0.4, 0.5) is 0 Å². The van der Waals surface area contributed by atoms with Crippen LogP contribution < -0.4 is 0 Å². The van der Waals surface area contributed by atoms with E-state index in [1.165, 1.54) is 0 Å². The van der Waals surface area contributed by atoms with Crippen LogP contribution >= 0.6 is 0 Å². The van der Waals surface area contributed by atoms with Gasteiger partial charge in [-0.3, -0.25) is 0 Å². The van der Waals surface area contributed by atoms with E-state index in [-0.39, 0.29) is 5.97 Å². The summed E-state index contributed by atoms with van der Waals surface area (Å²) in [5.74, 6) is -0.356.